The number of carbonyl (C=O) groups excluding carboxylic acids is 1. The molecular formula is C13H18N2O3. The van der Waals surface area contributed by atoms with Crippen LogP contribution in [0.25, 0.3) is 0 Å². The molecule has 0 saturated carbocycles. The van der Waals surface area contributed by atoms with Crippen molar-refractivity contribution in [3.63, 3.8) is 0 Å². The number of carboxylic acid groups (broad SMARTS) is 1. The minimum absolute atomic E-state index is 0.0166. The monoisotopic (exact) mass is 250 g/mol. The summed E-state index contributed by atoms with van der Waals surface area (Å²) in [4.78, 5) is 23.6. The summed E-state index contributed by atoms with van der Waals surface area (Å²) in [6, 6.07) is 7.81. The number of carbonyl (C=O) groups is 2. The Bertz CT molecular complexity index is 430. The van der Waals surface area contributed by atoms with E-state index in [-0.39, 0.29) is 18.7 Å². The normalized spacial score (nSPS) is 9.89. The molecule has 2 N–H and O–H groups in total. The fourth-order valence-electron chi connectivity index (χ4n) is 1.45. The van der Waals surface area contributed by atoms with Crippen molar-refractivity contribution in [1.82, 2.24) is 5.32 Å². The third-order valence-corrected chi connectivity index (χ3v) is 2.48. The lowest BCUT2D eigenvalue weighted by Gasteiger charge is -2.13. The Morgan fingerprint density at radius 3 is 2.61 bits per heavy atom. The van der Waals surface area contributed by atoms with Crippen LogP contribution in [0.1, 0.15) is 18.4 Å². The summed E-state index contributed by atoms with van der Waals surface area (Å²) < 4.78 is 0. The number of hydrogen-bond donors (Lipinski definition) is 2. The zero-order chi connectivity index (χ0) is 13.5. The number of amides is 1. The van der Waals surface area contributed by atoms with E-state index >= 15 is 0 Å². The van der Waals surface area contributed by atoms with Gasteiger partial charge in [-0.25, -0.2) is 0 Å². The van der Waals surface area contributed by atoms with E-state index in [4.69, 9.17) is 5.11 Å². The molecule has 0 aliphatic carbocycles. The van der Waals surface area contributed by atoms with Gasteiger partial charge < -0.3 is 15.3 Å². The molecule has 1 rings (SSSR count). The van der Waals surface area contributed by atoms with Gasteiger partial charge in [0.15, 0.2) is 0 Å². The van der Waals surface area contributed by atoms with E-state index in [9.17, 15) is 9.59 Å². The van der Waals surface area contributed by atoms with Crippen LogP contribution in [0.3, 0.4) is 0 Å². The summed E-state index contributed by atoms with van der Waals surface area (Å²) in [5, 5.41) is 11.2. The summed E-state index contributed by atoms with van der Waals surface area (Å²) in [6.07, 6.45) is -0.119. The van der Waals surface area contributed by atoms with Crippen molar-refractivity contribution in [2.45, 2.75) is 19.4 Å². The first-order valence-corrected chi connectivity index (χ1v) is 5.74. The minimum Gasteiger partial charge on any atom is -0.481 e. The molecule has 0 heterocycles. The van der Waals surface area contributed by atoms with Crippen LogP contribution >= 0.6 is 0 Å². The fraction of sp³-hybridized carbons (Fsp3) is 0.385. The minimum atomic E-state index is -0.959. The van der Waals surface area contributed by atoms with Gasteiger partial charge in [0.05, 0.1) is 6.42 Å². The molecule has 0 fully saturated rings. The van der Waals surface area contributed by atoms with Crippen LogP contribution in [0.2, 0.25) is 0 Å². The third kappa shape index (κ3) is 4.86. The molecule has 0 spiro atoms. The zero-order valence-corrected chi connectivity index (χ0v) is 10.6. The van der Waals surface area contributed by atoms with Gasteiger partial charge in [-0.15, -0.1) is 0 Å². The maximum Gasteiger partial charge on any atom is 0.303 e. The third-order valence-electron chi connectivity index (χ3n) is 2.48. The zero-order valence-electron chi connectivity index (χ0n) is 10.6. The maximum atomic E-state index is 11.4. The molecule has 0 atom stereocenters. The molecule has 0 aliphatic rings. The number of nitrogens with zero attached hydrogens (tertiary/aromatic N) is 1. The molecule has 1 aromatic rings. The SMILES string of the molecule is CN(C)c1cccc(CNC(=O)CCC(=O)O)c1. The molecule has 18 heavy (non-hydrogen) atoms. The molecule has 5 heteroatoms. The highest BCUT2D eigenvalue weighted by Crippen LogP contribution is 2.13. The molecule has 98 valence electrons. The standard InChI is InChI=1S/C13H18N2O3/c1-15(2)11-5-3-4-10(8-11)9-14-12(16)6-7-13(17)18/h3-5,8H,6-7,9H2,1-2H3,(H,14,16)(H,17,18). The van der Waals surface area contributed by atoms with E-state index in [2.05, 4.69) is 5.32 Å². The van der Waals surface area contributed by atoms with E-state index in [1.807, 2.05) is 43.3 Å². The number of anilines is 1. The Morgan fingerprint density at radius 1 is 1.28 bits per heavy atom. The molecule has 0 aromatic heterocycles. The molecule has 1 aromatic carbocycles. The van der Waals surface area contributed by atoms with E-state index in [1.54, 1.807) is 0 Å². The number of benzene rings is 1. The average molecular weight is 250 g/mol. The maximum absolute atomic E-state index is 11.4. The fourth-order valence-corrected chi connectivity index (χ4v) is 1.45. The Hall–Kier alpha value is -2.04. The second-order valence-electron chi connectivity index (χ2n) is 4.23. The Morgan fingerprint density at radius 2 is 2.00 bits per heavy atom. The number of nitrogens with one attached hydrogen (secondary N) is 1. The van der Waals surface area contributed by atoms with Crippen molar-refractivity contribution in [3.05, 3.63) is 29.8 Å². The van der Waals surface area contributed by atoms with Crippen LogP contribution in [0.4, 0.5) is 5.69 Å². The van der Waals surface area contributed by atoms with E-state index in [0.717, 1.165) is 11.3 Å². The Balaban J connectivity index is 2.45. The van der Waals surface area contributed by atoms with Gasteiger partial charge in [-0.05, 0) is 17.7 Å². The van der Waals surface area contributed by atoms with Crippen molar-refractivity contribution < 1.29 is 14.7 Å². The van der Waals surface area contributed by atoms with Crippen molar-refractivity contribution in [3.8, 4) is 0 Å². The summed E-state index contributed by atoms with van der Waals surface area (Å²) in [5.41, 5.74) is 2.05. The highest BCUT2D eigenvalue weighted by molar-refractivity contribution is 5.80. The van der Waals surface area contributed by atoms with Crippen LogP contribution in [-0.2, 0) is 16.1 Å². The van der Waals surface area contributed by atoms with Crippen LogP contribution in [0, 0.1) is 0 Å². The first-order chi connectivity index (χ1) is 8.49. The van der Waals surface area contributed by atoms with Crippen molar-refractivity contribution in [2.75, 3.05) is 19.0 Å². The van der Waals surface area contributed by atoms with Gasteiger partial charge in [-0.2, -0.15) is 0 Å². The smallest absolute Gasteiger partial charge is 0.303 e. The van der Waals surface area contributed by atoms with Crippen LogP contribution < -0.4 is 10.2 Å². The highest BCUT2D eigenvalue weighted by atomic mass is 16.4. The number of rotatable bonds is 6. The van der Waals surface area contributed by atoms with Gasteiger partial charge in [-0.3, -0.25) is 9.59 Å². The van der Waals surface area contributed by atoms with Crippen molar-refractivity contribution in [2.24, 2.45) is 0 Å². The van der Waals surface area contributed by atoms with Gasteiger partial charge in [0.1, 0.15) is 0 Å². The number of hydrogen-bond acceptors (Lipinski definition) is 3. The molecule has 1 amide bonds. The number of carboxylic acids is 1. The van der Waals surface area contributed by atoms with Gasteiger partial charge >= 0.3 is 5.97 Å². The molecule has 0 radical (unpaired) electrons. The first-order valence-electron chi connectivity index (χ1n) is 5.74. The molecule has 0 saturated heterocycles. The molecule has 5 nitrogen and oxygen atoms in total. The second-order valence-corrected chi connectivity index (χ2v) is 4.23. The lowest BCUT2D eigenvalue weighted by atomic mass is 10.2. The van der Waals surface area contributed by atoms with E-state index in [0.29, 0.717) is 6.54 Å². The highest BCUT2D eigenvalue weighted by Gasteiger charge is 2.05. The van der Waals surface area contributed by atoms with Crippen LogP contribution in [0.5, 0.6) is 0 Å². The van der Waals surface area contributed by atoms with E-state index < -0.39 is 5.97 Å². The summed E-state index contributed by atoms with van der Waals surface area (Å²) >= 11 is 0. The predicted molar refractivity (Wildman–Crippen MR) is 69.5 cm³/mol. The van der Waals surface area contributed by atoms with Crippen molar-refractivity contribution in [1.29, 1.82) is 0 Å². The number of aliphatic carboxylic acids is 1. The largest absolute Gasteiger partial charge is 0.481 e. The average Bonchev–Trinajstić information content (AvgIpc) is 2.34. The molecule has 0 aliphatic heterocycles. The second kappa shape index (κ2) is 6.64. The van der Waals surface area contributed by atoms with Crippen molar-refractivity contribution >= 4 is 17.6 Å². The lowest BCUT2D eigenvalue weighted by molar-refractivity contribution is -0.138. The van der Waals surface area contributed by atoms with E-state index in [1.165, 1.54) is 0 Å². The molecule has 0 bridgehead atoms. The van der Waals surface area contributed by atoms with Crippen LogP contribution in [-0.4, -0.2) is 31.1 Å². The summed E-state index contributed by atoms with van der Waals surface area (Å²) in [6.45, 7) is 0.417. The van der Waals surface area contributed by atoms with Gasteiger partial charge in [0.2, 0.25) is 5.91 Å². The van der Waals surface area contributed by atoms with Gasteiger partial charge in [0.25, 0.3) is 0 Å². The topological polar surface area (TPSA) is 69.6 Å². The quantitative estimate of drug-likeness (QED) is 0.796. The van der Waals surface area contributed by atoms with Gasteiger partial charge in [-0.1, -0.05) is 12.1 Å². The van der Waals surface area contributed by atoms with Crippen LogP contribution in [0.15, 0.2) is 24.3 Å². The van der Waals surface area contributed by atoms with Gasteiger partial charge in [0, 0.05) is 32.7 Å². The summed E-state index contributed by atoms with van der Waals surface area (Å²) in [7, 11) is 3.90. The Kier molecular flexibility index (Phi) is 5.17. The molecular weight excluding hydrogens is 232 g/mol. The predicted octanol–water partition coefficient (Wildman–Crippen LogP) is 1.23. The molecule has 0 unspecified atom stereocenters. The summed E-state index contributed by atoms with van der Waals surface area (Å²) in [5.74, 6) is -1.20. The first kappa shape index (κ1) is 14.0. The Labute approximate surface area is 106 Å². The lowest BCUT2D eigenvalue weighted by Crippen LogP contribution is -2.23.